The van der Waals surface area contributed by atoms with Crippen LogP contribution in [0.1, 0.15) is 38.5 Å². The topological polar surface area (TPSA) is 37.3 Å². The van der Waals surface area contributed by atoms with Gasteiger partial charge in [-0.2, -0.15) is 13.2 Å². The summed E-state index contributed by atoms with van der Waals surface area (Å²) in [5.74, 6) is 0.435. The number of carbonyl (C=O) groups excluding carboxylic acids is 1. The Bertz CT molecular complexity index is 213. The zero-order valence-corrected chi connectivity index (χ0v) is 7.73. The minimum absolute atomic E-state index is 0.128. The Morgan fingerprint density at radius 3 is 1.57 bits per heavy atom. The van der Waals surface area contributed by atoms with Crippen LogP contribution in [0, 0.1) is 0 Å². The molecule has 5 heteroatoms. The highest BCUT2D eigenvalue weighted by Crippen LogP contribution is 2.44. The summed E-state index contributed by atoms with van der Waals surface area (Å²) in [5.41, 5.74) is -2.34. The smallest absolute Gasteiger partial charge is 0.380 e. The molecule has 0 saturated heterocycles. The van der Waals surface area contributed by atoms with Gasteiger partial charge < -0.3 is 5.11 Å². The predicted molar refractivity (Wildman–Crippen MR) is 43.7 cm³/mol. The molecule has 1 N–H and O–H groups in total. The van der Waals surface area contributed by atoms with Crippen LogP contribution in [0.5, 0.6) is 0 Å². The Balaban J connectivity index is 0.000000165. The quantitative estimate of drug-likeness (QED) is 0.665. The SMILES string of the molecule is O=C1CCC1.OC1(C(F)(F)F)CCC1. The van der Waals surface area contributed by atoms with E-state index in [1.807, 2.05) is 0 Å². The maximum absolute atomic E-state index is 11.6. The highest BCUT2D eigenvalue weighted by Gasteiger charge is 2.57. The summed E-state index contributed by atoms with van der Waals surface area (Å²) in [6.07, 6.45) is -1.35. The summed E-state index contributed by atoms with van der Waals surface area (Å²) in [6, 6.07) is 0. The molecule has 2 fully saturated rings. The lowest BCUT2D eigenvalue weighted by Gasteiger charge is -2.37. The predicted octanol–water partition coefficient (Wildman–Crippen LogP) is 2.20. The summed E-state index contributed by atoms with van der Waals surface area (Å²) in [5, 5.41) is 8.62. The molecular formula is C9H13F3O2. The van der Waals surface area contributed by atoms with Crippen LogP contribution in [0.3, 0.4) is 0 Å². The third kappa shape index (κ3) is 2.47. The minimum atomic E-state index is -4.41. The average Bonchev–Trinajstić information content (AvgIpc) is 1.95. The fourth-order valence-electron chi connectivity index (χ4n) is 1.12. The molecule has 0 heterocycles. The minimum Gasteiger partial charge on any atom is -0.380 e. The van der Waals surface area contributed by atoms with Gasteiger partial charge in [0.1, 0.15) is 5.78 Å². The summed E-state index contributed by atoms with van der Waals surface area (Å²) < 4.78 is 34.9. The van der Waals surface area contributed by atoms with Crippen LogP contribution in [0.4, 0.5) is 13.2 Å². The number of halogens is 3. The summed E-state index contributed by atoms with van der Waals surface area (Å²) >= 11 is 0. The van der Waals surface area contributed by atoms with Crippen molar-refractivity contribution in [1.29, 1.82) is 0 Å². The molecule has 0 aliphatic heterocycles. The van der Waals surface area contributed by atoms with Crippen LogP contribution in [-0.4, -0.2) is 22.7 Å². The summed E-state index contributed by atoms with van der Waals surface area (Å²) in [6.45, 7) is 0. The maximum Gasteiger partial charge on any atom is 0.417 e. The molecule has 0 unspecified atom stereocenters. The number of hydrogen-bond donors (Lipinski definition) is 1. The Labute approximate surface area is 80.1 Å². The van der Waals surface area contributed by atoms with Crippen LogP contribution in [0.2, 0.25) is 0 Å². The lowest BCUT2D eigenvalue weighted by molar-refractivity contribution is -0.286. The Kier molecular flexibility index (Phi) is 3.19. The Hall–Kier alpha value is -0.580. The second kappa shape index (κ2) is 3.88. The van der Waals surface area contributed by atoms with Crippen molar-refractivity contribution < 1.29 is 23.1 Å². The van der Waals surface area contributed by atoms with Crippen LogP contribution < -0.4 is 0 Å². The third-order valence-electron chi connectivity index (χ3n) is 2.62. The molecule has 0 aromatic rings. The fourth-order valence-corrected chi connectivity index (χ4v) is 1.12. The van der Waals surface area contributed by atoms with Gasteiger partial charge in [-0.05, 0) is 25.7 Å². The van der Waals surface area contributed by atoms with E-state index < -0.39 is 11.8 Å². The first-order valence-corrected chi connectivity index (χ1v) is 4.66. The van der Waals surface area contributed by atoms with E-state index in [0.29, 0.717) is 12.2 Å². The molecule has 0 bridgehead atoms. The van der Waals surface area contributed by atoms with Crippen molar-refractivity contribution in [2.45, 2.75) is 50.3 Å². The number of alkyl halides is 3. The second-order valence-corrected chi connectivity index (χ2v) is 3.78. The van der Waals surface area contributed by atoms with Crippen molar-refractivity contribution in [2.24, 2.45) is 0 Å². The number of ketones is 1. The first kappa shape index (κ1) is 11.5. The van der Waals surface area contributed by atoms with Gasteiger partial charge in [0.15, 0.2) is 5.60 Å². The fraction of sp³-hybridized carbons (Fsp3) is 0.889. The number of hydrogen-bond acceptors (Lipinski definition) is 2. The lowest BCUT2D eigenvalue weighted by atomic mass is 9.80. The zero-order chi connectivity index (χ0) is 10.8. The molecule has 14 heavy (non-hydrogen) atoms. The molecule has 2 aliphatic rings. The van der Waals surface area contributed by atoms with Crippen LogP contribution in [0.15, 0.2) is 0 Å². The van der Waals surface area contributed by atoms with Crippen LogP contribution in [-0.2, 0) is 4.79 Å². The average molecular weight is 210 g/mol. The standard InChI is InChI=1S/C5H7F3O.C4H6O/c6-5(7,8)4(9)2-1-3-4;5-4-2-1-3-4/h9H,1-3H2;1-3H2. The molecule has 0 amide bonds. The van der Waals surface area contributed by atoms with E-state index in [1.165, 1.54) is 0 Å². The first-order valence-electron chi connectivity index (χ1n) is 4.66. The van der Waals surface area contributed by atoms with Crippen molar-refractivity contribution >= 4 is 5.78 Å². The van der Waals surface area contributed by atoms with Crippen molar-refractivity contribution in [3.63, 3.8) is 0 Å². The molecule has 82 valence electrons. The van der Waals surface area contributed by atoms with Gasteiger partial charge in [0.2, 0.25) is 0 Å². The van der Waals surface area contributed by atoms with E-state index in [-0.39, 0.29) is 12.8 Å². The van der Waals surface area contributed by atoms with Crippen LogP contribution in [0.25, 0.3) is 0 Å². The van der Waals surface area contributed by atoms with Gasteiger partial charge in [0.25, 0.3) is 0 Å². The van der Waals surface area contributed by atoms with E-state index in [4.69, 9.17) is 5.11 Å². The summed E-state index contributed by atoms with van der Waals surface area (Å²) in [7, 11) is 0. The highest BCUT2D eigenvalue weighted by atomic mass is 19.4. The van der Waals surface area contributed by atoms with Gasteiger partial charge in [-0.1, -0.05) is 0 Å². The summed E-state index contributed by atoms with van der Waals surface area (Å²) in [4.78, 5) is 9.90. The van der Waals surface area contributed by atoms with Gasteiger partial charge in [-0.25, -0.2) is 0 Å². The molecule has 0 spiro atoms. The van der Waals surface area contributed by atoms with Crippen molar-refractivity contribution in [1.82, 2.24) is 0 Å². The molecule has 2 aliphatic carbocycles. The second-order valence-electron chi connectivity index (χ2n) is 3.78. The number of rotatable bonds is 0. The number of Topliss-reactive ketones (excluding diaryl/α,β-unsaturated/α-hetero) is 1. The molecule has 0 radical (unpaired) electrons. The zero-order valence-electron chi connectivity index (χ0n) is 7.73. The number of aliphatic hydroxyl groups is 1. The van der Waals surface area contributed by atoms with Gasteiger partial charge in [-0.3, -0.25) is 4.79 Å². The van der Waals surface area contributed by atoms with Crippen molar-refractivity contribution in [3.05, 3.63) is 0 Å². The molecule has 2 nitrogen and oxygen atoms in total. The van der Waals surface area contributed by atoms with E-state index in [1.54, 1.807) is 0 Å². The molecule has 0 atom stereocenters. The lowest BCUT2D eigenvalue weighted by Crippen LogP contribution is -2.50. The van der Waals surface area contributed by atoms with E-state index in [9.17, 15) is 18.0 Å². The van der Waals surface area contributed by atoms with Gasteiger partial charge in [0, 0.05) is 12.8 Å². The van der Waals surface area contributed by atoms with E-state index in [0.717, 1.165) is 19.3 Å². The normalized spacial score (nSPS) is 24.1. The first-order chi connectivity index (χ1) is 6.35. The monoisotopic (exact) mass is 210 g/mol. The van der Waals surface area contributed by atoms with Crippen molar-refractivity contribution in [3.8, 4) is 0 Å². The van der Waals surface area contributed by atoms with E-state index >= 15 is 0 Å². The third-order valence-corrected chi connectivity index (χ3v) is 2.62. The van der Waals surface area contributed by atoms with Gasteiger partial charge in [0.05, 0.1) is 0 Å². The maximum atomic E-state index is 11.6. The van der Waals surface area contributed by atoms with Gasteiger partial charge >= 0.3 is 6.18 Å². The van der Waals surface area contributed by atoms with Crippen molar-refractivity contribution in [2.75, 3.05) is 0 Å². The highest BCUT2D eigenvalue weighted by molar-refractivity contribution is 5.83. The van der Waals surface area contributed by atoms with Gasteiger partial charge in [-0.15, -0.1) is 0 Å². The Morgan fingerprint density at radius 1 is 1.14 bits per heavy atom. The molecule has 2 rings (SSSR count). The largest absolute Gasteiger partial charge is 0.417 e. The van der Waals surface area contributed by atoms with E-state index in [2.05, 4.69) is 0 Å². The molecule has 0 aromatic heterocycles. The Morgan fingerprint density at radius 2 is 1.57 bits per heavy atom. The molecule has 0 aromatic carbocycles. The van der Waals surface area contributed by atoms with Crippen LogP contribution >= 0.6 is 0 Å². The number of carbonyl (C=O) groups is 1. The molecular weight excluding hydrogens is 197 g/mol. The molecule has 2 saturated carbocycles.